The van der Waals surface area contributed by atoms with E-state index in [4.69, 9.17) is 4.74 Å². The van der Waals surface area contributed by atoms with Gasteiger partial charge in [-0.15, -0.1) is 0 Å². The lowest BCUT2D eigenvalue weighted by Crippen LogP contribution is -2.01. The Hall–Kier alpha value is -1.64. The van der Waals surface area contributed by atoms with Gasteiger partial charge >= 0.3 is 5.97 Å². The lowest BCUT2D eigenvalue weighted by atomic mass is 10.2. The fraction of sp³-hybridized carbons (Fsp3) is 0.429. The molecule has 1 aromatic heterocycles. The van der Waals surface area contributed by atoms with Crippen LogP contribution in [-0.4, -0.2) is 17.6 Å². The van der Waals surface area contributed by atoms with Crippen molar-refractivity contribution in [1.82, 2.24) is 4.98 Å². The third kappa shape index (κ3) is 5.29. The lowest BCUT2D eigenvalue weighted by molar-refractivity contribution is -0.137. The van der Waals surface area contributed by atoms with Crippen molar-refractivity contribution >= 4 is 12.0 Å². The minimum atomic E-state index is -0.306. The van der Waals surface area contributed by atoms with Crippen LogP contribution in [0.4, 0.5) is 0 Å². The summed E-state index contributed by atoms with van der Waals surface area (Å²) < 4.78 is 5.01. The van der Waals surface area contributed by atoms with Crippen molar-refractivity contribution in [2.45, 2.75) is 33.6 Å². The predicted molar refractivity (Wildman–Crippen MR) is 68.6 cm³/mol. The number of hydrogen-bond acceptors (Lipinski definition) is 3. The Balaban J connectivity index is 2.54. The highest BCUT2D eigenvalue weighted by Crippen LogP contribution is 2.06. The predicted octanol–water partition coefficient (Wildman–Crippen LogP) is 3.05. The smallest absolute Gasteiger partial charge is 0.330 e. The molecule has 0 fully saturated rings. The molecule has 92 valence electrons. The van der Waals surface area contributed by atoms with Gasteiger partial charge in [0.25, 0.3) is 0 Å². The Morgan fingerprint density at radius 2 is 2.18 bits per heavy atom. The minimum Gasteiger partial charge on any atom is -0.463 e. The Labute approximate surface area is 103 Å². The highest BCUT2D eigenvalue weighted by Gasteiger charge is 1.98. The fourth-order valence-corrected chi connectivity index (χ4v) is 1.48. The zero-order valence-electron chi connectivity index (χ0n) is 10.7. The normalized spacial score (nSPS) is 10.8. The van der Waals surface area contributed by atoms with E-state index < -0.39 is 0 Å². The summed E-state index contributed by atoms with van der Waals surface area (Å²) in [7, 11) is 0. The summed E-state index contributed by atoms with van der Waals surface area (Å²) in [4.78, 5) is 15.6. The first-order valence-corrected chi connectivity index (χ1v) is 5.92. The molecule has 3 nitrogen and oxygen atoms in total. The van der Waals surface area contributed by atoms with Gasteiger partial charge in [-0.25, -0.2) is 4.79 Å². The van der Waals surface area contributed by atoms with Crippen molar-refractivity contribution in [2.24, 2.45) is 0 Å². The molecule has 17 heavy (non-hydrogen) atoms. The molecule has 0 saturated heterocycles. The number of ether oxygens (including phenoxy) is 1. The molecule has 1 aromatic rings. The van der Waals surface area contributed by atoms with Gasteiger partial charge in [-0.1, -0.05) is 13.3 Å². The molecule has 0 bridgehead atoms. The van der Waals surface area contributed by atoms with Gasteiger partial charge in [-0.2, -0.15) is 0 Å². The number of carbonyl (C=O) groups is 1. The van der Waals surface area contributed by atoms with Gasteiger partial charge in [0.15, 0.2) is 0 Å². The van der Waals surface area contributed by atoms with Gasteiger partial charge < -0.3 is 4.74 Å². The average Bonchev–Trinajstić information content (AvgIpc) is 2.25. The van der Waals surface area contributed by atoms with Crippen LogP contribution in [0.5, 0.6) is 0 Å². The topological polar surface area (TPSA) is 39.2 Å². The second-order valence-corrected chi connectivity index (χ2v) is 4.07. The molecular formula is C14H19NO2. The highest BCUT2D eigenvalue weighted by molar-refractivity contribution is 5.86. The van der Waals surface area contributed by atoms with Gasteiger partial charge in [-0.3, -0.25) is 4.98 Å². The maximum absolute atomic E-state index is 11.3. The van der Waals surface area contributed by atoms with Crippen molar-refractivity contribution in [3.05, 3.63) is 35.2 Å². The van der Waals surface area contributed by atoms with E-state index in [0.29, 0.717) is 6.61 Å². The van der Waals surface area contributed by atoms with Gasteiger partial charge in [0.05, 0.1) is 12.3 Å². The number of esters is 1. The van der Waals surface area contributed by atoms with Crippen LogP contribution in [0.1, 0.15) is 36.7 Å². The van der Waals surface area contributed by atoms with Crippen molar-refractivity contribution in [3.8, 4) is 0 Å². The Kier molecular flexibility index (Phi) is 5.40. The van der Waals surface area contributed by atoms with Crippen molar-refractivity contribution in [3.63, 3.8) is 0 Å². The van der Waals surface area contributed by atoms with E-state index in [0.717, 1.165) is 29.8 Å². The van der Waals surface area contributed by atoms with Crippen LogP contribution in [0.2, 0.25) is 0 Å². The van der Waals surface area contributed by atoms with Crippen molar-refractivity contribution < 1.29 is 9.53 Å². The molecule has 0 amide bonds. The molecule has 0 N–H and O–H groups in total. The summed E-state index contributed by atoms with van der Waals surface area (Å²) in [5, 5.41) is 0. The number of unbranched alkanes of at least 4 members (excludes halogenated alkanes) is 1. The molecule has 1 heterocycles. The first kappa shape index (κ1) is 13.4. The SMILES string of the molecule is CCCCOC(=O)/C=C/c1cc(C)cc(C)n1. The molecule has 0 aliphatic carbocycles. The highest BCUT2D eigenvalue weighted by atomic mass is 16.5. The summed E-state index contributed by atoms with van der Waals surface area (Å²) in [6.07, 6.45) is 5.04. The number of aromatic nitrogens is 1. The van der Waals surface area contributed by atoms with E-state index >= 15 is 0 Å². The third-order valence-electron chi connectivity index (χ3n) is 2.25. The molecular weight excluding hydrogens is 214 g/mol. The van der Waals surface area contributed by atoms with Gasteiger partial charge in [0.2, 0.25) is 0 Å². The van der Waals surface area contributed by atoms with Crippen LogP contribution >= 0.6 is 0 Å². The van der Waals surface area contributed by atoms with Crippen LogP contribution in [0.25, 0.3) is 6.08 Å². The Bertz CT molecular complexity index is 390. The summed E-state index contributed by atoms with van der Waals surface area (Å²) in [5.41, 5.74) is 2.87. The van der Waals surface area contributed by atoms with E-state index in [1.54, 1.807) is 6.08 Å². The van der Waals surface area contributed by atoms with Crippen LogP contribution in [0.15, 0.2) is 18.2 Å². The fourth-order valence-electron chi connectivity index (χ4n) is 1.48. The van der Waals surface area contributed by atoms with Crippen molar-refractivity contribution in [1.29, 1.82) is 0 Å². The number of hydrogen-bond donors (Lipinski definition) is 0. The minimum absolute atomic E-state index is 0.306. The first-order chi connectivity index (χ1) is 8.11. The molecule has 0 saturated carbocycles. The van der Waals surface area contributed by atoms with Gasteiger partial charge in [-0.05, 0) is 44.0 Å². The van der Waals surface area contributed by atoms with E-state index in [2.05, 4.69) is 11.9 Å². The van der Waals surface area contributed by atoms with Gasteiger partial charge in [0.1, 0.15) is 0 Å². The molecule has 0 aliphatic rings. The van der Waals surface area contributed by atoms with E-state index in [1.807, 2.05) is 26.0 Å². The van der Waals surface area contributed by atoms with E-state index in [9.17, 15) is 4.79 Å². The largest absolute Gasteiger partial charge is 0.463 e. The van der Waals surface area contributed by atoms with Crippen molar-refractivity contribution in [2.75, 3.05) is 6.61 Å². The molecule has 1 rings (SSSR count). The zero-order valence-corrected chi connectivity index (χ0v) is 10.7. The monoisotopic (exact) mass is 233 g/mol. The molecule has 0 unspecified atom stereocenters. The number of nitrogens with zero attached hydrogens (tertiary/aromatic N) is 1. The maximum Gasteiger partial charge on any atom is 0.330 e. The summed E-state index contributed by atoms with van der Waals surface area (Å²) in [6, 6.07) is 3.93. The molecule has 0 spiro atoms. The van der Waals surface area contributed by atoms with Crippen LogP contribution in [-0.2, 0) is 9.53 Å². The standard InChI is InChI=1S/C14H19NO2/c1-4-5-8-17-14(16)7-6-13-10-11(2)9-12(3)15-13/h6-7,9-10H,4-5,8H2,1-3H3/b7-6+. The zero-order chi connectivity index (χ0) is 12.7. The number of rotatable bonds is 5. The van der Waals surface area contributed by atoms with E-state index in [-0.39, 0.29) is 5.97 Å². The number of pyridine rings is 1. The number of carbonyl (C=O) groups excluding carboxylic acids is 1. The molecule has 3 heteroatoms. The molecule has 0 radical (unpaired) electrons. The van der Waals surface area contributed by atoms with Gasteiger partial charge in [0, 0.05) is 11.8 Å². The molecule has 0 atom stereocenters. The summed E-state index contributed by atoms with van der Waals surface area (Å²) in [5.74, 6) is -0.306. The summed E-state index contributed by atoms with van der Waals surface area (Å²) >= 11 is 0. The molecule has 0 aromatic carbocycles. The first-order valence-electron chi connectivity index (χ1n) is 5.92. The third-order valence-corrected chi connectivity index (χ3v) is 2.25. The molecule has 0 aliphatic heterocycles. The lowest BCUT2D eigenvalue weighted by Gasteiger charge is -2.00. The summed E-state index contributed by atoms with van der Waals surface area (Å²) in [6.45, 7) is 6.48. The van der Waals surface area contributed by atoms with Crippen LogP contribution in [0, 0.1) is 13.8 Å². The van der Waals surface area contributed by atoms with Crippen LogP contribution < -0.4 is 0 Å². The average molecular weight is 233 g/mol. The quantitative estimate of drug-likeness (QED) is 0.446. The maximum atomic E-state index is 11.3. The number of aryl methyl sites for hydroxylation is 2. The Morgan fingerprint density at radius 1 is 1.41 bits per heavy atom. The second kappa shape index (κ2) is 6.84. The van der Waals surface area contributed by atoms with E-state index in [1.165, 1.54) is 6.08 Å². The Morgan fingerprint density at radius 3 is 2.82 bits per heavy atom. The van der Waals surface area contributed by atoms with Crippen LogP contribution in [0.3, 0.4) is 0 Å². The second-order valence-electron chi connectivity index (χ2n) is 4.07.